The van der Waals surface area contributed by atoms with Crippen molar-refractivity contribution in [3.8, 4) is 11.3 Å². The number of carbonyl (C=O) groups is 1. The summed E-state index contributed by atoms with van der Waals surface area (Å²) in [5, 5.41) is 6.38. The van der Waals surface area contributed by atoms with Crippen molar-refractivity contribution in [3.05, 3.63) is 34.7 Å². The first-order valence-corrected chi connectivity index (χ1v) is 10.4. The minimum Gasteiger partial charge on any atom is -0.302 e. The number of hydrogen-bond donors (Lipinski definition) is 1. The molecule has 134 valence electrons. The fourth-order valence-corrected chi connectivity index (χ4v) is 4.35. The zero-order chi connectivity index (χ0) is 17.6. The highest BCUT2D eigenvalue weighted by Crippen LogP contribution is 2.33. The van der Waals surface area contributed by atoms with E-state index in [0.29, 0.717) is 10.2 Å². The molecule has 1 aliphatic carbocycles. The molecule has 2 aromatic rings. The number of thiazole rings is 1. The predicted molar refractivity (Wildman–Crippen MR) is 106 cm³/mol. The van der Waals surface area contributed by atoms with Crippen molar-refractivity contribution in [2.75, 3.05) is 5.32 Å². The number of rotatable bonds is 6. The Hall–Kier alpha value is -1.39. The first-order valence-electron chi connectivity index (χ1n) is 9.18. The predicted octanol–water partition coefficient (Wildman–Crippen LogP) is 6.40. The first-order chi connectivity index (χ1) is 12.2. The highest BCUT2D eigenvalue weighted by atomic mass is 35.5. The largest absolute Gasteiger partial charge is 0.302 e. The summed E-state index contributed by atoms with van der Waals surface area (Å²) < 4.78 is 0. The molecule has 0 atom stereocenters. The van der Waals surface area contributed by atoms with Crippen LogP contribution in [0.1, 0.15) is 51.9 Å². The molecule has 0 radical (unpaired) electrons. The van der Waals surface area contributed by atoms with Gasteiger partial charge in [-0.25, -0.2) is 4.98 Å². The Morgan fingerprint density at radius 3 is 2.64 bits per heavy atom. The maximum Gasteiger partial charge on any atom is 0.229 e. The molecule has 1 aromatic carbocycles. The molecule has 0 saturated heterocycles. The zero-order valence-electron chi connectivity index (χ0n) is 14.6. The lowest BCUT2D eigenvalue weighted by molar-refractivity contribution is -0.121. The van der Waals surface area contributed by atoms with Crippen LogP contribution in [0.4, 0.5) is 5.13 Å². The Morgan fingerprint density at radius 1 is 1.24 bits per heavy atom. The molecule has 1 heterocycles. The van der Waals surface area contributed by atoms with Gasteiger partial charge in [0, 0.05) is 21.9 Å². The number of nitrogens with one attached hydrogen (secondary N) is 1. The first kappa shape index (κ1) is 18.4. The average molecular weight is 377 g/mol. The molecule has 1 saturated carbocycles. The Bertz CT molecular complexity index is 690. The van der Waals surface area contributed by atoms with Gasteiger partial charge in [0.1, 0.15) is 0 Å². The van der Waals surface area contributed by atoms with E-state index in [2.05, 4.69) is 17.2 Å². The molecule has 1 amide bonds. The monoisotopic (exact) mass is 376 g/mol. The van der Waals surface area contributed by atoms with Crippen LogP contribution in [0.25, 0.3) is 11.3 Å². The number of carbonyl (C=O) groups excluding carboxylic acids is 1. The van der Waals surface area contributed by atoms with E-state index in [0.717, 1.165) is 30.0 Å². The van der Waals surface area contributed by atoms with Gasteiger partial charge in [-0.1, -0.05) is 49.9 Å². The van der Waals surface area contributed by atoms with Crippen molar-refractivity contribution >= 4 is 34.0 Å². The molecule has 3 rings (SSSR count). The van der Waals surface area contributed by atoms with Crippen LogP contribution < -0.4 is 5.32 Å². The van der Waals surface area contributed by atoms with Crippen LogP contribution in [-0.2, 0) is 4.79 Å². The number of anilines is 1. The van der Waals surface area contributed by atoms with Crippen LogP contribution in [0.15, 0.2) is 29.6 Å². The molecule has 0 unspecified atom stereocenters. The molecule has 5 heteroatoms. The van der Waals surface area contributed by atoms with Crippen LogP contribution in [0.2, 0.25) is 5.02 Å². The third-order valence-corrected chi connectivity index (χ3v) is 6.07. The minimum atomic E-state index is 0.131. The third kappa shape index (κ3) is 5.05. The maximum absolute atomic E-state index is 12.5. The second-order valence-electron chi connectivity index (χ2n) is 6.89. The van der Waals surface area contributed by atoms with Crippen LogP contribution in [0.3, 0.4) is 0 Å². The Labute approximate surface area is 158 Å². The fraction of sp³-hybridized carbons (Fsp3) is 0.500. The number of nitrogens with zero attached hydrogens (tertiary/aromatic N) is 1. The van der Waals surface area contributed by atoms with Crippen molar-refractivity contribution < 1.29 is 4.79 Å². The number of benzene rings is 1. The molecule has 0 bridgehead atoms. The van der Waals surface area contributed by atoms with Crippen LogP contribution >= 0.6 is 22.9 Å². The molecule has 0 aliphatic heterocycles. The molecule has 0 spiro atoms. The highest BCUT2D eigenvalue weighted by molar-refractivity contribution is 7.14. The summed E-state index contributed by atoms with van der Waals surface area (Å²) in [5.41, 5.74) is 1.89. The number of unbranched alkanes of at least 4 members (excludes halogenated alkanes) is 1. The summed E-state index contributed by atoms with van der Waals surface area (Å²) in [7, 11) is 0. The second-order valence-corrected chi connectivity index (χ2v) is 8.19. The Morgan fingerprint density at radius 2 is 1.96 bits per heavy atom. The van der Waals surface area contributed by atoms with Crippen LogP contribution in [0.5, 0.6) is 0 Å². The van der Waals surface area contributed by atoms with Crippen molar-refractivity contribution in [2.24, 2.45) is 11.8 Å². The molecule has 1 N–H and O–H groups in total. The van der Waals surface area contributed by atoms with Gasteiger partial charge in [-0.2, -0.15) is 0 Å². The molecule has 25 heavy (non-hydrogen) atoms. The number of amides is 1. The van der Waals surface area contributed by atoms with Gasteiger partial charge < -0.3 is 5.32 Å². The smallest absolute Gasteiger partial charge is 0.229 e. The normalized spacial score (nSPS) is 20.4. The SMILES string of the molecule is CCCCC1CCC(C(=O)Nc2nc(-c3ccc(Cl)cc3)cs2)CC1. The summed E-state index contributed by atoms with van der Waals surface area (Å²) in [6, 6.07) is 7.60. The lowest BCUT2D eigenvalue weighted by atomic mass is 9.79. The quantitative estimate of drug-likeness (QED) is 0.633. The van der Waals surface area contributed by atoms with Gasteiger partial charge in [-0.15, -0.1) is 11.3 Å². The van der Waals surface area contributed by atoms with Crippen molar-refractivity contribution in [2.45, 2.75) is 51.9 Å². The van der Waals surface area contributed by atoms with Crippen molar-refractivity contribution in [3.63, 3.8) is 0 Å². The summed E-state index contributed by atoms with van der Waals surface area (Å²) in [6.45, 7) is 2.24. The number of aromatic nitrogens is 1. The van der Waals surface area contributed by atoms with E-state index in [-0.39, 0.29) is 11.8 Å². The lowest BCUT2D eigenvalue weighted by Gasteiger charge is -2.27. The fourth-order valence-electron chi connectivity index (χ4n) is 3.50. The van der Waals surface area contributed by atoms with Crippen LogP contribution in [0, 0.1) is 11.8 Å². The number of halogens is 1. The van der Waals surface area contributed by atoms with E-state index in [1.54, 1.807) is 0 Å². The van der Waals surface area contributed by atoms with E-state index in [9.17, 15) is 4.79 Å². The van der Waals surface area contributed by atoms with E-state index in [4.69, 9.17) is 11.6 Å². The Balaban J connectivity index is 1.53. The molecule has 3 nitrogen and oxygen atoms in total. The summed E-state index contributed by atoms with van der Waals surface area (Å²) in [5.74, 6) is 1.09. The molecule has 1 aromatic heterocycles. The topological polar surface area (TPSA) is 42.0 Å². The lowest BCUT2D eigenvalue weighted by Crippen LogP contribution is -2.27. The van der Waals surface area contributed by atoms with Gasteiger partial charge in [-0.3, -0.25) is 4.79 Å². The number of hydrogen-bond acceptors (Lipinski definition) is 3. The van der Waals surface area contributed by atoms with E-state index < -0.39 is 0 Å². The van der Waals surface area contributed by atoms with E-state index in [1.165, 1.54) is 43.4 Å². The summed E-state index contributed by atoms with van der Waals surface area (Å²) in [6.07, 6.45) is 8.29. The third-order valence-electron chi connectivity index (χ3n) is 5.06. The molecule has 1 fully saturated rings. The van der Waals surface area contributed by atoms with Crippen molar-refractivity contribution in [1.29, 1.82) is 0 Å². The van der Waals surface area contributed by atoms with Crippen LogP contribution in [-0.4, -0.2) is 10.9 Å². The van der Waals surface area contributed by atoms with Crippen molar-refractivity contribution in [1.82, 2.24) is 4.98 Å². The molecular formula is C20H25ClN2OS. The van der Waals surface area contributed by atoms with E-state index in [1.807, 2.05) is 29.6 Å². The van der Waals surface area contributed by atoms with Gasteiger partial charge in [0.2, 0.25) is 5.91 Å². The maximum atomic E-state index is 12.5. The van der Waals surface area contributed by atoms with Gasteiger partial charge >= 0.3 is 0 Å². The molecular weight excluding hydrogens is 352 g/mol. The molecule has 1 aliphatic rings. The van der Waals surface area contributed by atoms with Gasteiger partial charge in [0.15, 0.2) is 5.13 Å². The highest BCUT2D eigenvalue weighted by Gasteiger charge is 2.26. The standard InChI is InChI=1S/C20H25ClN2OS/c1-2-3-4-14-5-7-16(8-6-14)19(24)23-20-22-18(13-25-20)15-9-11-17(21)12-10-15/h9-14,16H,2-8H2,1H3,(H,22,23,24). The average Bonchev–Trinajstić information content (AvgIpc) is 3.09. The van der Waals surface area contributed by atoms with Gasteiger partial charge in [0.25, 0.3) is 0 Å². The van der Waals surface area contributed by atoms with Gasteiger partial charge in [0.05, 0.1) is 5.69 Å². The second kappa shape index (κ2) is 8.81. The minimum absolute atomic E-state index is 0.131. The van der Waals surface area contributed by atoms with Gasteiger partial charge in [-0.05, 0) is 43.7 Å². The summed E-state index contributed by atoms with van der Waals surface area (Å²) >= 11 is 7.40. The van der Waals surface area contributed by atoms with E-state index >= 15 is 0 Å². The summed E-state index contributed by atoms with van der Waals surface area (Å²) in [4.78, 5) is 17.1. The zero-order valence-corrected chi connectivity index (χ0v) is 16.2. The Kier molecular flexibility index (Phi) is 6.49.